The summed E-state index contributed by atoms with van der Waals surface area (Å²) in [5.41, 5.74) is 1.15. The molecule has 2 aliphatic carbocycles. The fourth-order valence-electron chi connectivity index (χ4n) is 3.48. The standard InChI is InChI=1S/C16H20N2O2/c1-11(13-3-2-4-16(9-13)18(19)20)17-10-15-8-12-5-6-14(15)7-12/h2-6,9,11-12,14-15,17H,7-8,10H2,1H3. The Kier molecular flexibility index (Phi) is 3.57. The first-order valence-corrected chi connectivity index (χ1v) is 7.29. The second-order valence-electron chi connectivity index (χ2n) is 6.02. The summed E-state index contributed by atoms with van der Waals surface area (Å²) >= 11 is 0. The maximum atomic E-state index is 10.8. The predicted octanol–water partition coefficient (Wildman–Crippen LogP) is 3.46. The van der Waals surface area contributed by atoms with Crippen molar-refractivity contribution >= 4 is 5.69 Å². The molecule has 4 nitrogen and oxygen atoms in total. The number of allylic oxidation sites excluding steroid dienone is 2. The quantitative estimate of drug-likeness (QED) is 0.507. The number of hydrogen-bond donors (Lipinski definition) is 1. The van der Waals surface area contributed by atoms with Gasteiger partial charge in [0, 0.05) is 18.2 Å². The molecule has 0 saturated heterocycles. The van der Waals surface area contributed by atoms with Crippen molar-refractivity contribution in [3.05, 3.63) is 52.1 Å². The summed E-state index contributed by atoms with van der Waals surface area (Å²) in [5, 5.41) is 14.3. The number of nitro groups is 1. The summed E-state index contributed by atoms with van der Waals surface area (Å²) in [4.78, 5) is 10.5. The third-order valence-electron chi connectivity index (χ3n) is 4.68. The van der Waals surface area contributed by atoms with Crippen molar-refractivity contribution < 1.29 is 4.92 Å². The molecule has 2 aliphatic rings. The molecule has 1 N–H and O–H groups in total. The Morgan fingerprint density at radius 3 is 2.90 bits per heavy atom. The van der Waals surface area contributed by atoms with E-state index < -0.39 is 0 Å². The van der Waals surface area contributed by atoms with Crippen LogP contribution in [0.15, 0.2) is 36.4 Å². The van der Waals surface area contributed by atoms with E-state index in [1.165, 1.54) is 18.9 Å². The summed E-state index contributed by atoms with van der Waals surface area (Å²) in [5.74, 6) is 2.26. The van der Waals surface area contributed by atoms with Crippen LogP contribution in [0.3, 0.4) is 0 Å². The molecule has 1 aromatic rings. The molecular weight excluding hydrogens is 252 g/mol. The third-order valence-corrected chi connectivity index (χ3v) is 4.68. The average molecular weight is 272 g/mol. The number of nitrogens with one attached hydrogen (secondary N) is 1. The van der Waals surface area contributed by atoms with Crippen molar-refractivity contribution in [1.82, 2.24) is 5.32 Å². The van der Waals surface area contributed by atoms with E-state index in [9.17, 15) is 10.1 Å². The monoisotopic (exact) mass is 272 g/mol. The van der Waals surface area contributed by atoms with E-state index in [1.54, 1.807) is 12.1 Å². The number of fused-ring (bicyclic) bond motifs is 2. The first-order valence-electron chi connectivity index (χ1n) is 7.29. The van der Waals surface area contributed by atoms with Crippen LogP contribution in [0, 0.1) is 27.9 Å². The zero-order valence-corrected chi connectivity index (χ0v) is 11.7. The normalized spacial score (nSPS) is 28.8. The van der Waals surface area contributed by atoms with E-state index in [4.69, 9.17) is 0 Å². The van der Waals surface area contributed by atoms with Gasteiger partial charge in [-0.3, -0.25) is 10.1 Å². The largest absolute Gasteiger partial charge is 0.310 e. The van der Waals surface area contributed by atoms with E-state index in [0.29, 0.717) is 0 Å². The van der Waals surface area contributed by atoms with Gasteiger partial charge in [0.05, 0.1) is 4.92 Å². The number of nitrogens with zero attached hydrogens (tertiary/aromatic N) is 1. The highest BCUT2D eigenvalue weighted by Gasteiger charge is 2.35. The first kappa shape index (κ1) is 13.3. The van der Waals surface area contributed by atoms with Crippen LogP contribution in [0.1, 0.15) is 31.4 Å². The topological polar surface area (TPSA) is 55.2 Å². The van der Waals surface area contributed by atoms with Crippen LogP contribution < -0.4 is 5.32 Å². The van der Waals surface area contributed by atoms with Gasteiger partial charge in [-0.15, -0.1) is 0 Å². The molecule has 2 bridgehead atoms. The summed E-state index contributed by atoms with van der Waals surface area (Å²) in [6, 6.07) is 7.06. The van der Waals surface area contributed by atoms with Gasteiger partial charge in [-0.05, 0) is 49.6 Å². The second kappa shape index (κ2) is 5.37. The van der Waals surface area contributed by atoms with Crippen LogP contribution >= 0.6 is 0 Å². The van der Waals surface area contributed by atoms with Crippen LogP contribution in [0.4, 0.5) is 5.69 Å². The zero-order chi connectivity index (χ0) is 14.1. The van der Waals surface area contributed by atoms with Crippen molar-refractivity contribution in [1.29, 1.82) is 0 Å². The van der Waals surface area contributed by atoms with E-state index in [0.717, 1.165) is 29.9 Å². The maximum Gasteiger partial charge on any atom is 0.269 e. The van der Waals surface area contributed by atoms with Gasteiger partial charge in [-0.25, -0.2) is 0 Å². The van der Waals surface area contributed by atoms with Gasteiger partial charge >= 0.3 is 0 Å². The van der Waals surface area contributed by atoms with Crippen molar-refractivity contribution in [2.24, 2.45) is 17.8 Å². The molecule has 4 unspecified atom stereocenters. The number of hydrogen-bond acceptors (Lipinski definition) is 3. The molecule has 0 spiro atoms. The predicted molar refractivity (Wildman–Crippen MR) is 78.4 cm³/mol. The van der Waals surface area contributed by atoms with Crippen molar-refractivity contribution in [3.63, 3.8) is 0 Å². The Morgan fingerprint density at radius 1 is 1.40 bits per heavy atom. The van der Waals surface area contributed by atoms with Crippen molar-refractivity contribution in [2.45, 2.75) is 25.8 Å². The number of rotatable bonds is 5. The Morgan fingerprint density at radius 2 is 2.25 bits per heavy atom. The number of benzene rings is 1. The molecule has 0 heterocycles. The van der Waals surface area contributed by atoms with Crippen LogP contribution in [0.2, 0.25) is 0 Å². The first-order chi connectivity index (χ1) is 9.63. The highest BCUT2D eigenvalue weighted by molar-refractivity contribution is 5.35. The van der Waals surface area contributed by atoms with Gasteiger partial charge in [-0.1, -0.05) is 24.3 Å². The third kappa shape index (κ3) is 2.61. The van der Waals surface area contributed by atoms with Gasteiger partial charge < -0.3 is 5.32 Å². The summed E-state index contributed by atoms with van der Waals surface area (Å²) in [7, 11) is 0. The van der Waals surface area contributed by atoms with Crippen LogP contribution in [0.25, 0.3) is 0 Å². The Labute approximate surface area is 119 Å². The molecule has 0 radical (unpaired) electrons. The number of nitro benzene ring substituents is 1. The molecule has 1 fully saturated rings. The minimum absolute atomic E-state index is 0.151. The maximum absolute atomic E-state index is 10.8. The molecule has 1 aromatic carbocycles. The van der Waals surface area contributed by atoms with E-state index in [1.807, 2.05) is 6.07 Å². The Balaban J connectivity index is 1.59. The Hall–Kier alpha value is -1.68. The smallest absolute Gasteiger partial charge is 0.269 e. The van der Waals surface area contributed by atoms with E-state index >= 15 is 0 Å². The van der Waals surface area contributed by atoms with Gasteiger partial charge in [0.15, 0.2) is 0 Å². The summed E-state index contributed by atoms with van der Waals surface area (Å²) < 4.78 is 0. The fourth-order valence-corrected chi connectivity index (χ4v) is 3.48. The summed E-state index contributed by atoms with van der Waals surface area (Å²) in [6.45, 7) is 3.07. The molecule has 4 atom stereocenters. The SMILES string of the molecule is CC(NCC1CC2C=CC1C2)c1cccc([N+](=O)[O-])c1. The van der Waals surface area contributed by atoms with Crippen LogP contribution in [-0.2, 0) is 0 Å². The lowest BCUT2D eigenvalue weighted by Crippen LogP contribution is -2.27. The highest BCUT2D eigenvalue weighted by atomic mass is 16.6. The second-order valence-corrected chi connectivity index (χ2v) is 6.02. The van der Waals surface area contributed by atoms with Gasteiger partial charge in [-0.2, -0.15) is 0 Å². The van der Waals surface area contributed by atoms with Gasteiger partial charge in [0.1, 0.15) is 0 Å². The van der Waals surface area contributed by atoms with Crippen molar-refractivity contribution in [2.75, 3.05) is 6.54 Å². The average Bonchev–Trinajstić information content (AvgIpc) is 3.07. The zero-order valence-electron chi connectivity index (χ0n) is 11.7. The molecule has 1 saturated carbocycles. The highest BCUT2D eigenvalue weighted by Crippen LogP contribution is 2.43. The molecular formula is C16H20N2O2. The molecule has 0 aromatic heterocycles. The molecule has 0 amide bonds. The lowest BCUT2D eigenvalue weighted by atomic mass is 9.93. The molecule has 20 heavy (non-hydrogen) atoms. The lowest BCUT2D eigenvalue weighted by Gasteiger charge is -2.22. The minimum Gasteiger partial charge on any atom is -0.310 e. The molecule has 3 rings (SSSR count). The minimum atomic E-state index is -0.336. The number of non-ortho nitro benzene ring substituents is 1. The molecule has 106 valence electrons. The molecule has 4 heteroatoms. The van der Waals surface area contributed by atoms with Gasteiger partial charge in [0.2, 0.25) is 0 Å². The van der Waals surface area contributed by atoms with E-state index in [2.05, 4.69) is 24.4 Å². The fraction of sp³-hybridized carbons (Fsp3) is 0.500. The van der Waals surface area contributed by atoms with Crippen molar-refractivity contribution in [3.8, 4) is 0 Å². The Bertz CT molecular complexity index is 541. The lowest BCUT2D eigenvalue weighted by molar-refractivity contribution is -0.384. The molecule has 0 aliphatic heterocycles. The van der Waals surface area contributed by atoms with E-state index in [-0.39, 0.29) is 16.7 Å². The summed E-state index contributed by atoms with van der Waals surface area (Å²) in [6.07, 6.45) is 7.32. The van der Waals surface area contributed by atoms with Crippen LogP contribution in [-0.4, -0.2) is 11.5 Å². The van der Waals surface area contributed by atoms with Crippen LogP contribution in [0.5, 0.6) is 0 Å². The van der Waals surface area contributed by atoms with Gasteiger partial charge in [0.25, 0.3) is 5.69 Å².